The van der Waals surface area contributed by atoms with Crippen molar-refractivity contribution in [2.45, 2.75) is 6.29 Å². The molecule has 0 saturated heterocycles. The fraction of sp³-hybridized carbons (Fsp3) is 1.00. The lowest BCUT2D eigenvalue weighted by Crippen LogP contribution is -2.34. The topological polar surface area (TPSA) is 64.6 Å². The van der Waals surface area contributed by atoms with Gasteiger partial charge in [0.25, 0.3) is 0 Å². The van der Waals surface area contributed by atoms with Crippen molar-refractivity contribution in [2.24, 2.45) is 0 Å². The highest BCUT2D eigenvalue weighted by Gasteiger charge is 2.11. The number of sulfonamides is 1. The second kappa shape index (κ2) is 5.87. The van der Waals surface area contributed by atoms with E-state index in [1.165, 1.54) is 14.2 Å². The third-order valence-electron chi connectivity index (χ3n) is 1.14. The zero-order valence-corrected chi connectivity index (χ0v) is 9.31. The summed E-state index contributed by atoms with van der Waals surface area (Å²) in [5.41, 5.74) is 0. The maximum atomic E-state index is 10.9. The number of nitrogens with one attached hydrogen (secondary N) is 1. The quantitative estimate of drug-likeness (QED) is 0.535. The van der Waals surface area contributed by atoms with Gasteiger partial charge >= 0.3 is 0 Å². The first-order chi connectivity index (χ1) is 5.55. The van der Waals surface area contributed by atoms with Gasteiger partial charge in [0.2, 0.25) is 10.0 Å². The molecular weight excluding hydrogens is 250 g/mol. The Kier molecular flexibility index (Phi) is 6.02. The van der Waals surface area contributed by atoms with E-state index in [0.717, 1.165) is 0 Å². The van der Waals surface area contributed by atoms with Crippen LogP contribution in [0.1, 0.15) is 0 Å². The van der Waals surface area contributed by atoms with Gasteiger partial charge in [0.15, 0.2) is 6.29 Å². The molecule has 0 unspecified atom stereocenters. The molecule has 0 aliphatic carbocycles. The van der Waals surface area contributed by atoms with E-state index >= 15 is 0 Å². The number of halogens is 1. The van der Waals surface area contributed by atoms with E-state index in [1.807, 2.05) is 0 Å². The molecule has 0 atom stereocenters. The molecule has 0 radical (unpaired) electrons. The molecule has 0 aliphatic heterocycles. The molecular formula is C5H12BrNO4S. The summed E-state index contributed by atoms with van der Waals surface area (Å²) in [6.45, 7) is 0.112. The van der Waals surface area contributed by atoms with Gasteiger partial charge in [-0.3, -0.25) is 0 Å². The largest absolute Gasteiger partial charge is 0.355 e. The van der Waals surface area contributed by atoms with Crippen LogP contribution in [0, 0.1) is 0 Å². The Morgan fingerprint density at radius 3 is 2.25 bits per heavy atom. The average Bonchev–Trinajstić information content (AvgIpc) is 2.06. The molecule has 0 saturated carbocycles. The van der Waals surface area contributed by atoms with E-state index in [-0.39, 0.29) is 11.2 Å². The van der Waals surface area contributed by atoms with E-state index < -0.39 is 16.3 Å². The van der Waals surface area contributed by atoms with Crippen LogP contribution >= 0.6 is 15.9 Å². The highest BCUT2D eigenvalue weighted by atomic mass is 79.9. The van der Waals surface area contributed by atoms with Crippen molar-refractivity contribution in [3.63, 3.8) is 0 Å². The molecule has 0 fully saturated rings. The number of alkyl halides is 1. The summed E-state index contributed by atoms with van der Waals surface area (Å²) in [4.78, 5) is 0. The molecule has 0 rings (SSSR count). The van der Waals surface area contributed by atoms with Crippen LogP contribution in [0.5, 0.6) is 0 Å². The van der Waals surface area contributed by atoms with Gasteiger partial charge in [-0.1, -0.05) is 15.9 Å². The van der Waals surface area contributed by atoms with Crippen LogP contribution in [0.15, 0.2) is 0 Å². The number of methoxy groups -OCH3 is 2. The van der Waals surface area contributed by atoms with Crippen molar-refractivity contribution in [3.8, 4) is 0 Å². The van der Waals surface area contributed by atoms with Crippen molar-refractivity contribution >= 4 is 26.0 Å². The van der Waals surface area contributed by atoms with Crippen molar-refractivity contribution in [2.75, 3.05) is 25.4 Å². The zero-order chi connectivity index (χ0) is 9.61. The lowest BCUT2D eigenvalue weighted by molar-refractivity contribution is -0.0960. The highest BCUT2D eigenvalue weighted by Crippen LogP contribution is 1.93. The van der Waals surface area contributed by atoms with Gasteiger partial charge in [-0.15, -0.1) is 0 Å². The molecule has 0 aromatic heterocycles. The normalized spacial score (nSPS) is 12.3. The fourth-order valence-electron chi connectivity index (χ4n) is 0.496. The number of rotatable bonds is 6. The lowest BCUT2D eigenvalue weighted by Gasteiger charge is -2.13. The molecule has 74 valence electrons. The fourth-order valence-corrected chi connectivity index (χ4v) is 1.45. The Labute approximate surface area is 80.6 Å². The monoisotopic (exact) mass is 261 g/mol. The first-order valence-electron chi connectivity index (χ1n) is 3.14. The van der Waals surface area contributed by atoms with Crippen LogP contribution in [0.2, 0.25) is 0 Å². The van der Waals surface area contributed by atoms with Crippen LogP contribution < -0.4 is 4.72 Å². The molecule has 5 nitrogen and oxygen atoms in total. The minimum absolute atomic E-state index is 0.112. The summed E-state index contributed by atoms with van der Waals surface area (Å²) in [6, 6.07) is 0. The predicted molar refractivity (Wildman–Crippen MR) is 48.5 cm³/mol. The standard InChI is InChI=1S/C5H12BrNO4S/c1-10-5(11-2)3-7-12(8,9)4-6/h5,7H,3-4H2,1-2H3. The van der Waals surface area contributed by atoms with Crippen LogP contribution in [0.25, 0.3) is 0 Å². The minimum Gasteiger partial charge on any atom is -0.355 e. The number of ether oxygens (including phenoxy) is 2. The molecule has 0 aromatic rings. The average molecular weight is 262 g/mol. The van der Waals surface area contributed by atoms with E-state index in [1.54, 1.807) is 0 Å². The molecule has 0 amide bonds. The van der Waals surface area contributed by atoms with Crippen molar-refractivity contribution < 1.29 is 17.9 Å². The van der Waals surface area contributed by atoms with E-state index in [0.29, 0.717) is 0 Å². The van der Waals surface area contributed by atoms with E-state index in [4.69, 9.17) is 9.47 Å². The van der Waals surface area contributed by atoms with Crippen molar-refractivity contribution in [1.29, 1.82) is 0 Å². The second-order valence-electron chi connectivity index (χ2n) is 1.97. The Morgan fingerprint density at radius 2 is 1.92 bits per heavy atom. The summed E-state index contributed by atoms with van der Waals surface area (Å²) in [6.07, 6.45) is -0.543. The highest BCUT2D eigenvalue weighted by molar-refractivity contribution is 9.10. The Morgan fingerprint density at radius 1 is 1.42 bits per heavy atom. The maximum Gasteiger partial charge on any atom is 0.221 e. The summed E-state index contributed by atoms with van der Waals surface area (Å²) >= 11 is 2.83. The number of hydrogen-bond donors (Lipinski definition) is 1. The van der Waals surface area contributed by atoms with Crippen LogP contribution in [0.3, 0.4) is 0 Å². The van der Waals surface area contributed by atoms with Gasteiger partial charge in [-0.25, -0.2) is 13.1 Å². The SMILES string of the molecule is COC(CNS(=O)(=O)CBr)OC. The van der Waals surface area contributed by atoms with Crippen LogP contribution in [-0.2, 0) is 19.5 Å². The predicted octanol–water partition coefficient (Wildman–Crippen LogP) is -0.123. The summed E-state index contributed by atoms with van der Waals surface area (Å²) in [7, 11) is -0.346. The molecule has 1 N–H and O–H groups in total. The van der Waals surface area contributed by atoms with Crippen molar-refractivity contribution in [3.05, 3.63) is 0 Å². The third kappa shape index (κ3) is 5.04. The Hall–Kier alpha value is 0.310. The summed E-state index contributed by atoms with van der Waals surface area (Å²) in [5.74, 6) is 0. The van der Waals surface area contributed by atoms with Crippen molar-refractivity contribution in [1.82, 2.24) is 4.72 Å². The van der Waals surface area contributed by atoms with Gasteiger partial charge in [-0.05, 0) is 0 Å². The molecule has 0 spiro atoms. The Bertz CT molecular complexity index is 201. The van der Waals surface area contributed by atoms with Crippen LogP contribution in [-0.4, -0.2) is 40.1 Å². The first kappa shape index (κ1) is 12.3. The smallest absolute Gasteiger partial charge is 0.221 e. The molecule has 12 heavy (non-hydrogen) atoms. The van der Waals surface area contributed by atoms with Gasteiger partial charge in [-0.2, -0.15) is 0 Å². The van der Waals surface area contributed by atoms with E-state index in [2.05, 4.69) is 20.7 Å². The molecule has 0 heterocycles. The molecule has 0 aromatic carbocycles. The lowest BCUT2D eigenvalue weighted by atomic mass is 10.6. The number of hydrogen-bond acceptors (Lipinski definition) is 4. The van der Waals surface area contributed by atoms with Gasteiger partial charge in [0.05, 0.1) is 6.54 Å². The second-order valence-corrected chi connectivity index (χ2v) is 5.08. The van der Waals surface area contributed by atoms with Crippen LogP contribution in [0.4, 0.5) is 0 Å². The van der Waals surface area contributed by atoms with Gasteiger partial charge < -0.3 is 9.47 Å². The molecule has 7 heteroatoms. The summed E-state index contributed by atoms with van der Waals surface area (Å²) in [5, 5.41) is 0. The third-order valence-corrected chi connectivity index (χ3v) is 3.84. The van der Waals surface area contributed by atoms with E-state index in [9.17, 15) is 8.42 Å². The minimum atomic E-state index is -3.23. The Balaban J connectivity index is 3.81. The maximum absolute atomic E-state index is 10.9. The van der Waals surface area contributed by atoms with Gasteiger partial charge in [0.1, 0.15) is 4.66 Å². The molecule has 0 bridgehead atoms. The van der Waals surface area contributed by atoms with Gasteiger partial charge in [0, 0.05) is 14.2 Å². The zero-order valence-electron chi connectivity index (χ0n) is 6.91. The first-order valence-corrected chi connectivity index (χ1v) is 5.92. The summed E-state index contributed by atoms with van der Waals surface area (Å²) < 4.78 is 33.4. The molecule has 0 aliphatic rings.